The molecule has 2 heterocycles. The largest absolute Gasteiger partial charge is 0.416 e. The third kappa shape index (κ3) is 3.70. The fraction of sp³-hybridized carbons (Fsp3) is 0.579. The van der Waals surface area contributed by atoms with Crippen LogP contribution in [0.2, 0.25) is 0 Å². The van der Waals surface area contributed by atoms with Crippen molar-refractivity contribution in [1.29, 1.82) is 5.26 Å². The van der Waals surface area contributed by atoms with Crippen LogP contribution in [0.5, 0.6) is 0 Å². The number of hydrogen-bond acceptors (Lipinski definition) is 3. The minimum Gasteiger partial charge on any atom is -0.381 e. The molecule has 26 heavy (non-hydrogen) atoms. The van der Waals surface area contributed by atoms with Crippen molar-refractivity contribution in [2.45, 2.75) is 37.8 Å². The van der Waals surface area contributed by atoms with Gasteiger partial charge in [0.25, 0.3) is 0 Å². The number of carbonyl (C=O) groups is 1. The Balaban J connectivity index is 1.77. The molecule has 2 saturated heterocycles. The van der Waals surface area contributed by atoms with E-state index < -0.39 is 17.2 Å². The number of ether oxygens (including phenoxy) is 1. The maximum atomic E-state index is 13.0. The Morgan fingerprint density at radius 3 is 2.69 bits per heavy atom. The van der Waals surface area contributed by atoms with Crippen molar-refractivity contribution in [3.05, 3.63) is 35.4 Å². The summed E-state index contributed by atoms with van der Waals surface area (Å²) in [6.45, 7) is 1.65. The second-order valence-corrected chi connectivity index (χ2v) is 7.02. The highest BCUT2D eigenvalue weighted by Crippen LogP contribution is 2.37. The van der Waals surface area contributed by atoms with Gasteiger partial charge in [0.2, 0.25) is 5.91 Å². The molecule has 1 unspecified atom stereocenters. The van der Waals surface area contributed by atoms with Gasteiger partial charge in [0.1, 0.15) is 5.41 Å². The molecule has 0 bridgehead atoms. The molecule has 0 aromatic heterocycles. The predicted molar refractivity (Wildman–Crippen MR) is 88.1 cm³/mol. The molecule has 0 saturated carbocycles. The van der Waals surface area contributed by atoms with Crippen molar-refractivity contribution >= 4 is 5.91 Å². The molecular weight excluding hydrogens is 345 g/mol. The summed E-state index contributed by atoms with van der Waals surface area (Å²) in [4.78, 5) is 14.6. The number of nitriles is 1. The highest BCUT2D eigenvalue weighted by Gasteiger charge is 2.44. The minimum atomic E-state index is -4.38. The lowest BCUT2D eigenvalue weighted by atomic mass is 9.79. The number of piperidine rings is 1. The lowest BCUT2D eigenvalue weighted by Crippen LogP contribution is -2.49. The maximum absolute atomic E-state index is 13.0. The van der Waals surface area contributed by atoms with E-state index in [2.05, 4.69) is 6.07 Å². The van der Waals surface area contributed by atoms with Crippen molar-refractivity contribution in [2.75, 3.05) is 26.3 Å². The average molecular weight is 366 g/mol. The number of carbonyl (C=O) groups excluding carboxylic acids is 1. The lowest BCUT2D eigenvalue weighted by Gasteiger charge is -2.39. The Hall–Kier alpha value is -2.07. The highest BCUT2D eigenvalue weighted by molar-refractivity contribution is 5.85. The van der Waals surface area contributed by atoms with E-state index in [9.17, 15) is 23.2 Å². The number of nitrogens with zero attached hydrogens (tertiary/aromatic N) is 2. The quantitative estimate of drug-likeness (QED) is 0.801. The number of amides is 1. The Bertz CT molecular complexity index is 705. The van der Waals surface area contributed by atoms with Crippen LogP contribution in [0.25, 0.3) is 0 Å². The summed E-state index contributed by atoms with van der Waals surface area (Å²) in [5.74, 6) is -0.356. The molecule has 1 atom stereocenters. The van der Waals surface area contributed by atoms with Gasteiger partial charge in [-0.3, -0.25) is 4.79 Å². The molecule has 0 N–H and O–H groups in total. The second kappa shape index (κ2) is 7.28. The van der Waals surface area contributed by atoms with Gasteiger partial charge in [0.05, 0.1) is 11.6 Å². The predicted octanol–water partition coefficient (Wildman–Crippen LogP) is 3.73. The molecule has 1 aromatic rings. The van der Waals surface area contributed by atoms with Gasteiger partial charge in [-0.2, -0.15) is 18.4 Å². The molecule has 4 nitrogen and oxygen atoms in total. The number of halogens is 3. The van der Waals surface area contributed by atoms with Crippen LogP contribution in [0.1, 0.15) is 42.7 Å². The molecule has 2 fully saturated rings. The highest BCUT2D eigenvalue weighted by atomic mass is 19.4. The summed E-state index contributed by atoms with van der Waals surface area (Å²) < 4.78 is 44.2. The molecule has 1 amide bonds. The fourth-order valence-electron chi connectivity index (χ4n) is 3.80. The zero-order valence-corrected chi connectivity index (χ0v) is 14.4. The Morgan fingerprint density at radius 2 is 2.04 bits per heavy atom. The van der Waals surface area contributed by atoms with E-state index in [0.29, 0.717) is 51.1 Å². The van der Waals surface area contributed by atoms with Gasteiger partial charge in [0, 0.05) is 32.2 Å². The summed E-state index contributed by atoms with van der Waals surface area (Å²) in [6, 6.07) is 7.50. The average Bonchev–Trinajstić information content (AvgIpc) is 2.67. The van der Waals surface area contributed by atoms with Crippen molar-refractivity contribution in [3.8, 4) is 6.07 Å². The third-order valence-electron chi connectivity index (χ3n) is 5.36. The van der Waals surface area contributed by atoms with Crippen LogP contribution in [0.15, 0.2) is 24.3 Å². The molecule has 140 valence electrons. The van der Waals surface area contributed by atoms with Crippen molar-refractivity contribution in [2.24, 2.45) is 5.41 Å². The van der Waals surface area contributed by atoms with Crippen LogP contribution in [0.3, 0.4) is 0 Å². The topological polar surface area (TPSA) is 53.3 Å². The lowest BCUT2D eigenvalue weighted by molar-refractivity contribution is -0.144. The summed E-state index contributed by atoms with van der Waals surface area (Å²) >= 11 is 0. The van der Waals surface area contributed by atoms with Crippen LogP contribution in [0.4, 0.5) is 13.2 Å². The first-order chi connectivity index (χ1) is 12.4. The van der Waals surface area contributed by atoms with E-state index in [1.807, 2.05) is 0 Å². The van der Waals surface area contributed by atoms with E-state index >= 15 is 0 Å². The van der Waals surface area contributed by atoms with Gasteiger partial charge in [-0.15, -0.1) is 0 Å². The van der Waals surface area contributed by atoms with Gasteiger partial charge in [0.15, 0.2) is 0 Å². The van der Waals surface area contributed by atoms with E-state index in [-0.39, 0.29) is 11.8 Å². The van der Waals surface area contributed by atoms with Crippen LogP contribution in [0, 0.1) is 16.7 Å². The zero-order valence-electron chi connectivity index (χ0n) is 14.4. The smallest absolute Gasteiger partial charge is 0.381 e. The summed E-state index contributed by atoms with van der Waals surface area (Å²) in [5, 5.41) is 9.57. The first-order valence-corrected chi connectivity index (χ1v) is 8.81. The normalized spacial score (nSPS) is 23.3. The van der Waals surface area contributed by atoms with Crippen molar-refractivity contribution < 1.29 is 22.7 Å². The van der Waals surface area contributed by atoms with E-state index in [4.69, 9.17) is 4.74 Å². The SMILES string of the molecule is N#CC1(C(=O)N2CCCC(c3cccc(C(F)(F)F)c3)C2)CCOCC1. The van der Waals surface area contributed by atoms with Crippen LogP contribution >= 0.6 is 0 Å². The van der Waals surface area contributed by atoms with Crippen LogP contribution < -0.4 is 0 Å². The molecule has 7 heteroatoms. The molecular formula is C19H21F3N2O2. The fourth-order valence-corrected chi connectivity index (χ4v) is 3.80. The van der Waals surface area contributed by atoms with E-state index in [1.165, 1.54) is 12.1 Å². The molecule has 0 radical (unpaired) electrons. The molecule has 0 aliphatic carbocycles. The Labute approximate surface area is 150 Å². The monoisotopic (exact) mass is 366 g/mol. The Kier molecular flexibility index (Phi) is 5.24. The molecule has 0 spiro atoms. The van der Waals surface area contributed by atoms with E-state index in [1.54, 1.807) is 11.0 Å². The first kappa shape index (κ1) is 18.7. The number of likely N-dealkylation sites (tertiary alicyclic amines) is 1. The molecule has 2 aliphatic rings. The van der Waals surface area contributed by atoms with Gasteiger partial charge in [-0.1, -0.05) is 18.2 Å². The number of alkyl halides is 3. The van der Waals surface area contributed by atoms with Gasteiger partial charge in [-0.25, -0.2) is 0 Å². The first-order valence-electron chi connectivity index (χ1n) is 8.81. The van der Waals surface area contributed by atoms with Crippen molar-refractivity contribution in [3.63, 3.8) is 0 Å². The molecule has 2 aliphatic heterocycles. The summed E-state index contributed by atoms with van der Waals surface area (Å²) in [6.07, 6.45) is -2.20. The molecule has 3 rings (SSSR count). The number of benzene rings is 1. The van der Waals surface area contributed by atoms with Crippen LogP contribution in [-0.4, -0.2) is 37.1 Å². The van der Waals surface area contributed by atoms with Crippen molar-refractivity contribution in [1.82, 2.24) is 4.90 Å². The van der Waals surface area contributed by atoms with Crippen LogP contribution in [-0.2, 0) is 15.7 Å². The summed E-state index contributed by atoms with van der Waals surface area (Å²) in [5.41, 5.74) is -1.14. The maximum Gasteiger partial charge on any atom is 0.416 e. The number of hydrogen-bond donors (Lipinski definition) is 0. The van der Waals surface area contributed by atoms with Gasteiger partial charge in [-0.05, 0) is 37.3 Å². The summed E-state index contributed by atoms with van der Waals surface area (Å²) in [7, 11) is 0. The van der Waals surface area contributed by atoms with E-state index in [0.717, 1.165) is 12.5 Å². The zero-order chi connectivity index (χ0) is 18.8. The van der Waals surface area contributed by atoms with Gasteiger partial charge < -0.3 is 9.64 Å². The second-order valence-electron chi connectivity index (χ2n) is 7.02. The minimum absolute atomic E-state index is 0.148. The number of rotatable bonds is 2. The van der Waals surface area contributed by atoms with Gasteiger partial charge >= 0.3 is 6.18 Å². The molecule has 1 aromatic carbocycles. The Morgan fingerprint density at radius 1 is 1.31 bits per heavy atom. The third-order valence-corrected chi connectivity index (χ3v) is 5.36. The standard InChI is InChI=1S/C19H21F3N2O2/c20-19(21,22)16-5-1-3-14(11-16)15-4-2-8-24(12-15)17(25)18(13-23)6-9-26-10-7-18/h1,3,5,11,15H,2,4,6-10,12H2.